The lowest BCUT2D eigenvalue weighted by Gasteiger charge is -2.43. The summed E-state index contributed by atoms with van der Waals surface area (Å²) in [6.45, 7) is 1.58. The molecule has 5 rings (SSSR count). The Morgan fingerprint density at radius 2 is 1.90 bits per heavy atom. The summed E-state index contributed by atoms with van der Waals surface area (Å²) in [5.41, 5.74) is -6.21. The Balaban J connectivity index is 1.67. The number of carbonyl (C=O) groups excluding carboxylic acids is 1. The summed E-state index contributed by atoms with van der Waals surface area (Å²) in [6, 6.07) is 13.3. The van der Waals surface area contributed by atoms with Gasteiger partial charge in [0, 0.05) is 42.8 Å². The summed E-state index contributed by atoms with van der Waals surface area (Å²) in [4.78, 5) is 19.1. The van der Waals surface area contributed by atoms with E-state index in [1.165, 1.54) is 48.7 Å². The SMILES string of the molecule is CCC(O)(c1cc(F)c2c(c1)C(=O)N(Cc1ccc(C#N)cn1)[C@@]2(O)c1ccc(Cl)cc1)C1(F)CCOCC1. The van der Waals surface area contributed by atoms with E-state index in [0.717, 1.165) is 11.0 Å². The highest BCUT2D eigenvalue weighted by Crippen LogP contribution is 2.49. The van der Waals surface area contributed by atoms with Crippen molar-refractivity contribution < 1.29 is 28.5 Å². The topological polar surface area (TPSA) is 107 Å². The molecule has 1 fully saturated rings. The third-order valence-corrected chi connectivity index (χ3v) is 8.09. The highest BCUT2D eigenvalue weighted by atomic mass is 35.5. The number of aliphatic hydroxyl groups is 2. The fourth-order valence-electron chi connectivity index (χ4n) is 5.60. The van der Waals surface area contributed by atoms with Gasteiger partial charge in [-0.05, 0) is 48.4 Å². The monoisotopic (exact) mass is 553 g/mol. The standard InChI is InChI=1S/C29H26ClF2N3O4/c1-2-28(37,27(32)9-11-39-12-10-27)20-13-23-25(24(31)14-20)29(38,19-4-6-21(30)7-5-19)35(26(23)36)17-22-8-3-18(15-33)16-34-22/h3-8,13-14,16,37-38H,2,9-12,17H2,1H3/t28?,29-/m1/s1. The first-order valence-corrected chi connectivity index (χ1v) is 12.9. The van der Waals surface area contributed by atoms with Crippen molar-refractivity contribution in [3.05, 3.63) is 99.1 Å². The van der Waals surface area contributed by atoms with Crippen LogP contribution in [0, 0.1) is 17.1 Å². The summed E-state index contributed by atoms with van der Waals surface area (Å²) in [6.07, 6.45) is 1.08. The van der Waals surface area contributed by atoms with Crippen LogP contribution in [0.2, 0.25) is 5.02 Å². The van der Waals surface area contributed by atoms with Crippen molar-refractivity contribution in [1.29, 1.82) is 5.26 Å². The number of nitriles is 1. The third-order valence-electron chi connectivity index (χ3n) is 7.84. The molecule has 2 aliphatic rings. The first-order chi connectivity index (χ1) is 18.6. The Bertz CT molecular complexity index is 1460. The molecule has 10 heteroatoms. The van der Waals surface area contributed by atoms with Crippen molar-refractivity contribution in [2.75, 3.05) is 13.2 Å². The minimum Gasteiger partial charge on any atom is -0.382 e. The Hall–Kier alpha value is -3.42. The van der Waals surface area contributed by atoms with Gasteiger partial charge in [-0.25, -0.2) is 8.78 Å². The van der Waals surface area contributed by atoms with E-state index >= 15 is 8.78 Å². The zero-order chi connectivity index (χ0) is 28.0. The lowest BCUT2D eigenvalue weighted by Crippen LogP contribution is -2.51. The van der Waals surface area contributed by atoms with E-state index < -0.39 is 28.7 Å². The normalized spacial score (nSPS) is 21.8. The number of hydrogen-bond donors (Lipinski definition) is 2. The molecule has 202 valence electrons. The van der Waals surface area contributed by atoms with Crippen molar-refractivity contribution in [2.45, 2.75) is 49.7 Å². The van der Waals surface area contributed by atoms with Gasteiger partial charge in [0.05, 0.1) is 28.9 Å². The maximum Gasteiger partial charge on any atom is 0.257 e. The number of pyridine rings is 1. The van der Waals surface area contributed by atoms with Gasteiger partial charge in [-0.2, -0.15) is 5.26 Å². The van der Waals surface area contributed by atoms with Gasteiger partial charge in [0.2, 0.25) is 0 Å². The van der Waals surface area contributed by atoms with Crippen molar-refractivity contribution in [2.24, 2.45) is 0 Å². The minimum absolute atomic E-state index is 0.0732. The number of amides is 1. The summed E-state index contributed by atoms with van der Waals surface area (Å²) < 4.78 is 37.5. The molecule has 0 aliphatic carbocycles. The Labute approximate surface area is 229 Å². The van der Waals surface area contributed by atoms with E-state index in [-0.39, 0.29) is 61.3 Å². The quantitative estimate of drug-likeness (QED) is 0.458. The van der Waals surface area contributed by atoms with Crippen LogP contribution in [0.5, 0.6) is 0 Å². The number of aromatic nitrogens is 1. The van der Waals surface area contributed by atoms with Gasteiger partial charge in [-0.15, -0.1) is 0 Å². The molecule has 2 N–H and O–H groups in total. The number of nitrogens with zero attached hydrogens (tertiary/aromatic N) is 3. The van der Waals surface area contributed by atoms with Crippen LogP contribution in [0.1, 0.15) is 64.5 Å². The highest BCUT2D eigenvalue weighted by Gasteiger charge is 2.56. The number of fused-ring (bicyclic) bond motifs is 1. The number of halogens is 3. The fraction of sp³-hybridized carbons (Fsp3) is 0.345. The molecule has 0 spiro atoms. The van der Waals surface area contributed by atoms with E-state index in [1.54, 1.807) is 6.92 Å². The van der Waals surface area contributed by atoms with E-state index in [1.807, 2.05) is 6.07 Å². The predicted octanol–water partition coefficient (Wildman–Crippen LogP) is 4.71. The largest absolute Gasteiger partial charge is 0.382 e. The highest BCUT2D eigenvalue weighted by molar-refractivity contribution is 6.30. The smallest absolute Gasteiger partial charge is 0.257 e. The molecule has 3 heterocycles. The number of benzene rings is 2. The maximum absolute atomic E-state index is 16.1. The molecule has 7 nitrogen and oxygen atoms in total. The molecule has 0 bridgehead atoms. The second kappa shape index (κ2) is 9.96. The molecule has 1 aromatic heterocycles. The number of ether oxygens (including phenoxy) is 1. The summed E-state index contributed by atoms with van der Waals surface area (Å²) >= 11 is 6.05. The van der Waals surface area contributed by atoms with E-state index in [9.17, 15) is 15.0 Å². The number of alkyl halides is 1. The zero-order valence-electron chi connectivity index (χ0n) is 21.1. The van der Waals surface area contributed by atoms with Gasteiger partial charge in [-0.3, -0.25) is 14.7 Å². The van der Waals surface area contributed by atoms with Gasteiger partial charge >= 0.3 is 0 Å². The van der Waals surface area contributed by atoms with Crippen LogP contribution in [-0.4, -0.2) is 44.9 Å². The molecule has 3 aromatic rings. The number of hydrogen-bond acceptors (Lipinski definition) is 6. The van der Waals surface area contributed by atoms with Gasteiger partial charge in [0.1, 0.15) is 23.2 Å². The van der Waals surface area contributed by atoms with Crippen LogP contribution in [0.3, 0.4) is 0 Å². The second-order valence-corrected chi connectivity index (χ2v) is 10.3. The fourth-order valence-corrected chi connectivity index (χ4v) is 5.72. The van der Waals surface area contributed by atoms with Crippen LogP contribution in [0.4, 0.5) is 8.78 Å². The molecule has 0 saturated carbocycles. The summed E-state index contributed by atoms with van der Waals surface area (Å²) in [7, 11) is 0. The minimum atomic E-state index is -2.26. The average Bonchev–Trinajstić information content (AvgIpc) is 3.16. The van der Waals surface area contributed by atoms with Gasteiger partial charge in [0.15, 0.2) is 5.72 Å². The first kappa shape index (κ1) is 27.2. The first-order valence-electron chi connectivity index (χ1n) is 12.6. The van der Waals surface area contributed by atoms with Crippen molar-refractivity contribution in [3.8, 4) is 6.07 Å². The lowest BCUT2D eigenvalue weighted by atomic mass is 9.72. The predicted molar refractivity (Wildman–Crippen MR) is 138 cm³/mol. The molecule has 2 aromatic carbocycles. The van der Waals surface area contributed by atoms with Gasteiger partial charge < -0.3 is 14.9 Å². The van der Waals surface area contributed by atoms with Crippen molar-refractivity contribution >= 4 is 17.5 Å². The van der Waals surface area contributed by atoms with Crippen LogP contribution in [0.25, 0.3) is 0 Å². The molecule has 1 unspecified atom stereocenters. The molecular formula is C29H26ClF2N3O4. The van der Waals surface area contributed by atoms with Crippen LogP contribution in [0.15, 0.2) is 54.7 Å². The molecular weight excluding hydrogens is 528 g/mol. The molecule has 39 heavy (non-hydrogen) atoms. The molecule has 1 amide bonds. The van der Waals surface area contributed by atoms with Crippen molar-refractivity contribution in [1.82, 2.24) is 9.88 Å². The maximum atomic E-state index is 16.1. The second-order valence-electron chi connectivity index (χ2n) is 9.89. The Morgan fingerprint density at radius 3 is 2.49 bits per heavy atom. The lowest BCUT2D eigenvalue weighted by molar-refractivity contribution is -0.155. The van der Waals surface area contributed by atoms with Crippen molar-refractivity contribution in [3.63, 3.8) is 0 Å². The van der Waals surface area contributed by atoms with E-state index in [4.69, 9.17) is 21.6 Å². The number of rotatable bonds is 6. The molecule has 2 atom stereocenters. The van der Waals surface area contributed by atoms with Gasteiger partial charge in [-0.1, -0.05) is 30.7 Å². The number of carbonyl (C=O) groups is 1. The third kappa shape index (κ3) is 4.28. The Kier molecular flexibility index (Phi) is 6.93. The van der Waals surface area contributed by atoms with Crippen LogP contribution in [-0.2, 0) is 22.6 Å². The van der Waals surface area contributed by atoms with Crippen LogP contribution < -0.4 is 0 Å². The summed E-state index contributed by atoms with van der Waals surface area (Å²) in [5.74, 6) is -1.70. The molecule has 1 saturated heterocycles. The van der Waals surface area contributed by atoms with E-state index in [2.05, 4.69) is 4.98 Å². The van der Waals surface area contributed by atoms with Gasteiger partial charge in [0.25, 0.3) is 5.91 Å². The van der Waals surface area contributed by atoms with Crippen LogP contribution >= 0.6 is 11.6 Å². The average molecular weight is 554 g/mol. The zero-order valence-corrected chi connectivity index (χ0v) is 21.9. The van der Waals surface area contributed by atoms with E-state index in [0.29, 0.717) is 16.3 Å². The molecule has 0 radical (unpaired) electrons. The summed E-state index contributed by atoms with van der Waals surface area (Å²) in [5, 5.41) is 33.2. The molecule has 2 aliphatic heterocycles. The Morgan fingerprint density at radius 1 is 1.21 bits per heavy atom.